The highest BCUT2D eigenvalue weighted by Gasteiger charge is 2.12. The number of nitrogens with zero attached hydrogens (tertiary/aromatic N) is 2. The molecular weight excluding hydrogens is 286 g/mol. The van der Waals surface area contributed by atoms with Crippen LogP contribution >= 0.6 is 11.3 Å². The second-order valence-corrected chi connectivity index (χ2v) is 6.01. The summed E-state index contributed by atoms with van der Waals surface area (Å²) in [6, 6.07) is 4.03. The van der Waals surface area contributed by atoms with Crippen LogP contribution in [0.25, 0.3) is 0 Å². The van der Waals surface area contributed by atoms with Crippen molar-refractivity contribution < 1.29 is 9.47 Å². The molecule has 1 N–H and O–H groups in total. The molecule has 0 spiro atoms. The Morgan fingerprint density at radius 3 is 2.67 bits per heavy atom. The lowest BCUT2D eigenvalue weighted by Crippen LogP contribution is -2.08. The highest BCUT2D eigenvalue weighted by molar-refractivity contribution is 7.11. The summed E-state index contributed by atoms with van der Waals surface area (Å²) in [5.41, 5.74) is 2.05. The smallest absolute Gasteiger partial charge is 0.213 e. The van der Waals surface area contributed by atoms with Crippen LogP contribution in [0.1, 0.15) is 28.5 Å². The van der Waals surface area contributed by atoms with E-state index in [4.69, 9.17) is 9.47 Å². The summed E-state index contributed by atoms with van der Waals surface area (Å²) >= 11 is 1.73. The Labute approximate surface area is 129 Å². The van der Waals surface area contributed by atoms with Gasteiger partial charge in [0.05, 0.1) is 35.2 Å². The quantitative estimate of drug-likeness (QED) is 0.795. The van der Waals surface area contributed by atoms with Gasteiger partial charge in [0.2, 0.25) is 5.88 Å². The molecule has 0 aliphatic rings. The molecule has 5 nitrogen and oxygen atoms in total. The summed E-state index contributed by atoms with van der Waals surface area (Å²) < 4.78 is 10.4. The third-order valence-electron chi connectivity index (χ3n) is 2.99. The fraction of sp³-hybridized carbons (Fsp3) is 0.467. The van der Waals surface area contributed by atoms with Gasteiger partial charge in [-0.05, 0) is 26.8 Å². The number of aryl methyl sites for hydroxylation is 2. The van der Waals surface area contributed by atoms with Crippen LogP contribution in [-0.4, -0.2) is 30.3 Å². The average molecular weight is 307 g/mol. The van der Waals surface area contributed by atoms with Gasteiger partial charge in [-0.15, -0.1) is 11.3 Å². The van der Waals surface area contributed by atoms with Crippen LogP contribution in [0.4, 0.5) is 5.69 Å². The van der Waals surface area contributed by atoms with Crippen LogP contribution in [0.3, 0.4) is 0 Å². The summed E-state index contributed by atoms with van der Waals surface area (Å²) in [6.07, 6.45) is 1.78. The number of nitrogens with one attached hydrogen (secondary N) is 1. The second kappa shape index (κ2) is 7.38. The minimum atomic E-state index is 0.207. The Morgan fingerprint density at radius 2 is 2.10 bits per heavy atom. The molecule has 0 aromatic carbocycles. The number of ether oxygens (including phenoxy) is 2. The molecule has 0 saturated heterocycles. The number of hydrogen-bond donors (Lipinski definition) is 1. The van der Waals surface area contributed by atoms with Crippen molar-refractivity contribution in [1.82, 2.24) is 9.97 Å². The van der Waals surface area contributed by atoms with Gasteiger partial charge in [-0.1, -0.05) is 0 Å². The lowest BCUT2D eigenvalue weighted by atomic mass is 10.2. The van der Waals surface area contributed by atoms with E-state index in [1.807, 2.05) is 26.0 Å². The summed E-state index contributed by atoms with van der Waals surface area (Å²) in [7, 11) is 1.65. The van der Waals surface area contributed by atoms with Gasteiger partial charge >= 0.3 is 0 Å². The highest BCUT2D eigenvalue weighted by atomic mass is 32.1. The van der Waals surface area contributed by atoms with E-state index in [0.717, 1.165) is 16.4 Å². The summed E-state index contributed by atoms with van der Waals surface area (Å²) in [5, 5.41) is 4.53. The first-order valence-electron chi connectivity index (χ1n) is 6.88. The zero-order valence-corrected chi connectivity index (χ0v) is 13.7. The molecular formula is C15H21N3O2S. The molecule has 1 atom stereocenters. The number of aromatic nitrogens is 2. The standard InChI is InChI=1S/C15H21N3O2S/c1-10-15(21-12(3)17-10)11(2)18-13-5-6-14(16-9-13)20-8-7-19-4/h5-6,9,11,18H,7-8H2,1-4H3. The average Bonchev–Trinajstić information content (AvgIpc) is 2.80. The van der Waals surface area contributed by atoms with Crippen molar-refractivity contribution in [2.75, 3.05) is 25.6 Å². The minimum Gasteiger partial charge on any atom is -0.475 e. The van der Waals surface area contributed by atoms with Crippen LogP contribution < -0.4 is 10.1 Å². The molecule has 114 valence electrons. The number of methoxy groups -OCH3 is 1. The molecule has 2 aromatic heterocycles. The van der Waals surface area contributed by atoms with Gasteiger partial charge in [0.25, 0.3) is 0 Å². The Bertz CT molecular complexity index is 569. The second-order valence-electron chi connectivity index (χ2n) is 4.77. The van der Waals surface area contributed by atoms with E-state index in [9.17, 15) is 0 Å². The van der Waals surface area contributed by atoms with E-state index < -0.39 is 0 Å². The number of pyridine rings is 1. The lowest BCUT2D eigenvalue weighted by Gasteiger charge is -2.14. The zero-order valence-electron chi connectivity index (χ0n) is 12.8. The maximum atomic E-state index is 5.44. The minimum absolute atomic E-state index is 0.207. The Hall–Kier alpha value is -1.66. The van der Waals surface area contributed by atoms with Gasteiger partial charge in [-0.3, -0.25) is 0 Å². The molecule has 1 unspecified atom stereocenters. The van der Waals surface area contributed by atoms with Crippen molar-refractivity contribution in [3.05, 3.63) is 33.9 Å². The SMILES string of the molecule is COCCOc1ccc(NC(C)c2sc(C)nc2C)cn1. The lowest BCUT2D eigenvalue weighted by molar-refractivity contribution is 0.144. The summed E-state index contributed by atoms with van der Waals surface area (Å²) in [6.45, 7) is 7.27. The van der Waals surface area contributed by atoms with Gasteiger partial charge in [-0.25, -0.2) is 9.97 Å². The monoisotopic (exact) mass is 307 g/mol. The summed E-state index contributed by atoms with van der Waals surface area (Å²) in [5.74, 6) is 0.607. The van der Waals surface area contributed by atoms with Crippen molar-refractivity contribution in [2.45, 2.75) is 26.8 Å². The van der Waals surface area contributed by atoms with Crippen molar-refractivity contribution in [1.29, 1.82) is 0 Å². The maximum Gasteiger partial charge on any atom is 0.213 e. The third kappa shape index (κ3) is 4.41. The van der Waals surface area contributed by atoms with Crippen molar-refractivity contribution in [3.63, 3.8) is 0 Å². The molecule has 6 heteroatoms. The van der Waals surface area contributed by atoms with E-state index in [0.29, 0.717) is 19.1 Å². The predicted octanol–water partition coefficient (Wildman–Crippen LogP) is 3.35. The molecule has 0 bridgehead atoms. The largest absolute Gasteiger partial charge is 0.475 e. The molecule has 2 rings (SSSR count). The van der Waals surface area contributed by atoms with E-state index >= 15 is 0 Å². The van der Waals surface area contributed by atoms with Crippen molar-refractivity contribution in [3.8, 4) is 5.88 Å². The number of thiazole rings is 1. The van der Waals surface area contributed by atoms with Gasteiger partial charge in [0.15, 0.2) is 0 Å². The van der Waals surface area contributed by atoms with Crippen molar-refractivity contribution in [2.24, 2.45) is 0 Å². The normalized spacial score (nSPS) is 12.2. The van der Waals surface area contributed by atoms with Crippen LogP contribution in [0.15, 0.2) is 18.3 Å². The van der Waals surface area contributed by atoms with Crippen LogP contribution in [0, 0.1) is 13.8 Å². The van der Waals surface area contributed by atoms with E-state index in [2.05, 4.69) is 22.2 Å². The first-order chi connectivity index (χ1) is 10.1. The Balaban J connectivity index is 1.95. The Kier molecular flexibility index (Phi) is 5.52. The molecule has 0 saturated carbocycles. The molecule has 0 fully saturated rings. The molecule has 0 radical (unpaired) electrons. The topological polar surface area (TPSA) is 56.3 Å². The number of anilines is 1. The highest BCUT2D eigenvalue weighted by Crippen LogP contribution is 2.27. The molecule has 2 aromatic rings. The molecule has 2 heterocycles. The fourth-order valence-corrected chi connectivity index (χ4v) is 2.97. The first kappa shape index (κ1) is 15.7. The van der Waals surface area contributed by atoms with Crippen molar-refractivity contribution >= 4 is 17.0 Å². The van der Waals surface area contributed by atoms with Crippen LogP contribution in [0.5, 0.6) is 5.88 Å². The third-order valence-corrected chi connectivity index (χ3v) is 4.25. The van der Waals surface area contributed by atoms with Gasteiger partial charge in [-0.2, -0.15) is 0 Å². The molecule has 0 aliphatic heterocycles. The fourth-order valence-electron chi connectivity index (χ4n) is 2.04. The zero-order chi connectivity index (χ0) is 15.2. The molecule has 0 aliphatic carbocycles. The number of rotatable bonds is 7. The van der Waals surface area contributed by atoms with Crippen LogP contribution in [-0.2, 0) is 4.74 Å². The number of hydrogen-bond acceptors (Lipinski definition) is 6. The molecule has 0 amide bonds. The molecule has 21 heavy (non-hydrogen) atoms. The van der Waals surface area contributed by atoms with E-state index in [1.165, 1.54) is 4.88 Å². The first-order valence-corrected chi connectivity index (χ1v) is 7.70. The predicted molar refractivity (Wildman–Crippen MR) is 85.2 cm³/mol. The Morgan fingerprint density at radius 1 is 1.29 bits per heavy atom. The van der Waals surface area contributed by atoms with Gasteiger partial charge < -0.3 is 14.8 Å². The summed E-state index contributed by atoms with van der Waals surface area (Å²) in [4.78, 5) is 9.99. The maximum absolute atomic E-state index is 5.44. The van der Waals surface area contributed by atoms with Gasteiger partial charge in [0.1, 0.15) is 6.61 Å². The van der Waals surface area contributed by atoms with Gasteiger partial charge in [0, 0.05) is 18.1 Å². The van der Waals surface area contributed by atoms with Crippen LogP contribution in [0.2, 0.25) is 0 Å². The van der Waals surface area contributed by atoms with E-state index in [1.54, 1.807) is 24.6 Å². The van der Waals surface area contributed by atoms with E-state index in [-0.39, 0.29) is 6.04 Å².